The van der Waals surface area contributed by atoms with Crippen LogP contribution in [0.15, 0.2) is 48.7 Å². The van der Waals surface area contributed by atoms with E-state index in [4.69, 9.17) is 9.47 Å². The van der Waals surface area contributed by atoms with E-state index in [9.17, 15) is 4.79 Å². The van der Waals surface area contributed by atoms with Gasteiger partial charge in [-0.25, -0.2) is 9.97 Å². The number of hydrogen-bond acceptors (Lipinski definition) is 8. The molecular formula is C24H28N6O3. The minimum Gasteiger partial charge on any atom is -0.497 e. The molecular weight excluding hydrogens is 420 g/mol. The second-order valence-corrected chi connectivity index (χ2v) is 7.94. The summed E-state index contributed by atoms with van der Waals surface area (Å²) in [5, 5.41) is 6.11. The van der Waals surface area contributed by atoms with Crippen molar-refractivity contribution in [3.05, 3.63) is 65.7 Å². The van der Waals surface area contributed by atoms with E-state index in [1.165, 1.54) is 0 Å². The van der Waals surface area contributed by atoms with Crippen LogP contribution in [-0.4, -0.2) is 59.1 Å². The minimum absolute atomic E-state index is 0.0678. The zero-order valence-electron chi connectivity index (χ0n) is 19.0. The second-order valence-electron chi connectivity index (χ2n) is 7.94. The molecule has 1 atom stereocenters. The van der Waals surface area contributed by atoms with Gasteiger partial charge in [-0.15, -0.1) is 0 Å². The Kier molecular flexibility index (Phi) is 7.11. The normalized spacial score (nSPS) is 16.3. The van der Waals surface area contributed by atoms with Gasteiger partial charge in [0.25, 0.3) is 0 Å². The van der Waals surface area contributed by atoms with E-state index in [1.807, 2.05) is 56.3 Å². The molecule has 1 aliphatic rings. The first-order valence-electron chi connectivity index (χ1n) is 10.8. The molecule has 0 aliphatic carbocycles. The maximum Gasteiger partial charge on any atom is 0.238 e. The van der Waals surface area contributed by atoms with Crippen LogP contribution in [0.1, 0.15) is 23.2 Å². The summed E-state index contributed by atoms with van der Waals surface area (Å²) in [5.74, 6) is 1.23. The quantitative estimate of drug-likeness (QED) is 0.568. The van der Waals surface area contributed by atoms with Gasteiger partial charge in [0.05, 0.1) is 37.8 Å². The first-order valence-corrected chi connectivity index (χ1v) is 10.8. The molecule has 1 fully saturated rings. The molecule has 33 heavy (non-hydrogen) atoms. The van der Waals surface area contributed by atoms with Crippen LogP contribution in [0.2, 0.25) is 0 Å². The summed E-state index contributed by atoms with van der Waals surface area (Å²) in [6.07, 6.45) is 1.55. The van der Waals surface area contributed by atoms with E-state index in [0.29, 0.717) is 25.6 Å². The molecule has 3 aromatic rings. The molecule has 9 heteroatoms. The summed E-state index contributed by atoms with van der Waals surface area (Å²) in [6, 6.07) is 13.1. The van der Waals surface area contributed by atoms with E-state index in [2.05, 4.69) is 30.5 Å². The lowest BCUT2D eigenvalue weighted by Gasteiger charge is -2.32. The zero-order valence-corrected chi connectivity index (χ0v) is 19.0. The molecule has 1 unspecified atom stereocenters. The summed E-state index contributed by atoms with van der Waals surface area (Å²) in [4.78, 5) is 27.9. The zero-order chi connectivity index (χ0) is 23.2. The van der Waals surface area contributed by atoms with E-state index >= 15 is 0 Å². The number of pyridine rings is 1. The standard InChI is InChI=1S/C24H28N6O3/c1-16-12-17(2)27-24(26-16)29-19-6-9-21(25-13-19)22-14-30(10-11-33-22)15-23(31)28-18-4-7-20(32-3)8-5-18/h4-9,12-13,22H,10-11,14-15H2,1-3H3,(H,28,31)(H,26,27,29). The Labute approximate surface area is 193 Å². The minimum atomic E-state index is -0.195. The first kappa shape index (κ1) is 22.6. The molecule has 2 N–H and O–H groups in total. The summed E-state index contributed by atoms with van der Waals surface area (Å²) in [7, 11) is 1.61. The molecule has 1 amide bonds. The lowest BCUT2D eigenvalue weighted by atomic mass is 10.2. The SMILES string of the molecule is COc1ccc(NC(=O)CN2CCOC(c3ccc(Nc4nc(C)cc(C)n4)cn3)C2)cc1. The van der Waals surface area contributed by atoms with Crippen molar-refractivity contribution in [3.63, 3.8) is 0 Å². The predicted molar refractivity (Wildman–Crippen MR) is 126 cm³/mol. The topological polar surface area (TPSA) is 102 Å². The van der Waals surface area contributed by atoms with Gasteiger partial charge in [-0.1, -0.05) is 0 Å². The molecule has 9 nitrogen and oxygen atoms in total. The van der Waals surface area contributed by atoms with E-state index < -0.39 is 0 Å². The Balaban J connectivity index is 1.32. The molecule has 1 aromatic carbocycles. The van der Waals surface area contributed by atoms with Crippen LogP contribution in [0.3, 0.4) is 0 Å². The molecule has 1 saturated heterocycles. The van der Waals surface area contributed by atoms with E-state index in [-0.39, 0.29) is 18.6 Å². The second kappa shape index (κ2) is 10.4. The van der Waals surface area contributed by atoms with Gasteiger partial charge in [-0.3, -0.25) is 14.7 Å². The smallest absolute Gasteiger partial charge is 0.238 e. The molecule has 0 saturated carbocycles. The maximum absolute atomic E-state index is 12.5. The number of nitrogens with one attached hydrogen (secondary N) is 2. The molecule has 0 spiro atoms. The lowest BCUT2D eigenvalue weighted by molar-refractivity contribution is -0.119. The Hall–Kier alpha value is -3.56. The third-order valence-corrected chi connectivity index (χ3v) is 5.25. The van der Waals surface area contributed by atoms with Gasteiger partial charge in [0.1, 0.15) is 11.9 Å². The number of ether oxygens (including phenoxy) is 2. The molecule has 3 heterocycles. The highest BCUT2D eigenvalue weighted by atomic mass is 16.5. The van der Waals surface area contributed by atoms with Gasteiger partial charge in [-0.2, -0.15) is 0 Å². The number of anilines is 3. The number of amides is 1. The maximum atomic E-state index is 12.5. The van der Waals surface area contributed by atoms with Crippen molar-refractivity contribution in [3.8, 4) is 5.75 Å². The summed E-state index contributed by atoms with van der Waals surface area (Å²) in [6.45, 7) is 5.98. The van der Waals surface area contributed by atoms with Crippen molar-refractivity contribution < 1.29 is 14.3 Å². The van der Waals surface area contributed by atoms with Crippen molar-refractivity contribution >= 4 is 23.2 Å². The molecule has 0 radical (unpaired) electrons. The number of morpholine rings is 1. The van der Waals surface area contributed by atoms with E-state index in [0.717, 1.165) is 34.2 Å². The van der Waals surface area contributed by atoms with Crippen LogP contribution in [0.25, 0.3) is 0 Å². The summed E-state index contributed by atoms with van der Waals surface area (Å²) < 4.78 is 11.1. The fraction of sp³-hybridized carbons (Fsp3) is 0.333. The third-order valence-electron chi connectivity index (χ3n) is 5.25. The van der Waals surface area contributed by atoms with Crippen LogP contribution >= 0.6 is 0 Å². The molecule has 4 rings (SSSR count). The molecule has 172 valence electrons. The van der Waals surface area contributed by atoms with Crippen molar-refractivity contribution in [1.29, 1.82) is 0 Å². The molecule has 1 aliphatic heterocycles. The highest BCUT2D eigenvalue weighted by Gasteiger charge is 2.24. The number of methoxy groups -OCH3 is 1. The Morgan fingerprint density at radius 2 is 1.85 bits per heavy atom. The van der Waals surface area contributed by atoms with Gasteiger partial charge in [0.15, 0.2) is 0 Å². The Morgan fingerprint density at radius 3 is 2.52 bits per heavy atom. The highest BCUT2D eigenvalue weighted by Crippen LogP contribution is 2.23. The van der Waals surface area contributed by atoms with Gasteiger partial charge >= 0.3 is 0 Å². The van der Waals surface area contributed by atoms with Gasteiger partial charge in [0.2, 0.25) is 11.9 Å². The lowest BCUT2D eigenvalue weighted by Crippen LogP contribution is -2.42. The largest absolute Gasteiger partial charge is 0.497 e. The molecule has 2 aromatic heterocycles. The van der Waals surface area contributed by atoms with Gasteiger partial charge < -0.3 is 20.1 Å². The number of aryl methyl sites for hydroxylation is 2. The number of aromatic nitrogens is 3. The average Bonchev–Trinajstić information content (AvgIpc) is 2.79. The fourth-order valence-electron chi connectivity index (χ4n) is 3.68. The molecule has 0 bridgehead atoms. The first-order chi connectivity index (χ1) is 16.0. The van der Waals surface area contributed by atoms with Crippen LogP contribution in [0.4, 0.5) is 17.3 Å². The number of hydrogen-bond donors (Lipinski definition) is 2. The van der Waals surface area contributed by atoms with Gasteiger partial charge in [0, 0.05) is 30.2 Å². The van der Waals surface area contributed by atoms with Crippen molar-refractivity contribution in [2.45, 2.75) is 20.0 Å². The van der Waals surface area contributed by atoms with Crippen LogP contribution in [0, 0.1) is 13.8 Å². The highest BCUT2D eigenvalue weighted by molar-refractivity contribution is 5.92. The Bertz CT molecular complexity index is 1070. The van der Waals surface area contributed by atoms with Crippen LogP contribution in [0.5, 0.6) is 5.75 Å². The fourth-order valence-corrected chi connectivity index (χ4v) is 3.68. The average molecular weight is 449 g/mol. The van der Waals surface area contributed by atoms with Crippen molar-refractivity contribution in [2.24, 2.45) is 0 Å². The van der Waals surface area contributed by atoms with Crippen molar-refractivity contribution in [2.75, 3.05) is 44.0 Å². The predicted octanol–water partition coefficient (Wildman–Crippen LogP) is 3.25. The van der Waals surface area contributed by atoms with Crippen LogP contribution in [-0.2, 0) is 9.53 Å². The number of benzene rings is 1. The summed E-state index contributed by atoms with van der Waals surface area (Å²) in [5.41, 5.74) is 4.17. The number of carbonyl (C=O) groups is 1. The monoisotopic (exact) mass is 448 g/mol. The number of carbonyl (C=O) groups excluding carboxylic acids is 1. The van der Waals surface area contributed by atoms with Crippen molar-refractivity contribution in [1.82, 2.24) is 19.9 Å². The van der Waals surface area contributed by atoms with E-state index in [1.54, 1.807) is 13.3 Å². The third kappa shape index (κ3) is 6.24. The van der Waals surface area contributed by atoms with Crippen LogP contribution < -0.4 is 15.4 Å². The Morgan fingerprint density at radius 1 is 1.12 bits per heavy atom. The summed E-state index contributed by atoms with van der Waals surface area (Å²) >= 11 is 0. The number of nitrogens with zero attached hydrogens (tertiary/aromatic N) is 4. The number of rotatable bonds is 7. The van der Waals surface area contributed by atoms with Gasteiger partial charge in [-0.05, 0) is 56.3 Å².